The summed E-state index contributed by atoms with van der Waals surface area (Å²) >= 11 is 0. The molecule has 0 aliphatic carbocycles. The zero-order valence-electron chi connectivity index (χ0n) is 17.2. The summed E-state index contributed by atoms with van der Waals surface area (Å²) in [7, 11) is 0. The molecule has 6 heteroatoms. The number of halogens is 1. The van der Waals surface area contributed by atoms with Gasteiger partial charge in [-0.25, -0.2) is 9.18 Å². The van der Waals surface area contributed by atoms with Crippen LogP contribution in [0.15, 0.2) is 42.5 Å². The summed E-state index contributed by atoms with van der Waals surface area (Å²) in [5.74, 6) is -0.393. The van der Waals surface area contributed by atoms with E-state index in [9.17, 15) is 14.0 Å². The number of nitrogens with zero attached hydrogens (tertiary/aromatic N) is 1. The molecule has 29 heavy (non-hydrogen) atoms. The normalized spacial score (nSPS) is 19.0. The molecule has 0 spiro atoms. The highest BCUT2D eigenvalue weighted by Crippen LogP contribution is 2.30. The van der Waals surface area contributed by atoms with Crippen LogP contribution in [0, 0.1) is 25.1 Å². The number of piperidine rings is 1. The third kappa shape index (κ3) is 5.34. The summed E-state index contributed by atoms with van der Waals surface area (Å²) in [6.45, 7) is 7.20. The van der Waals surface area contributed by atoms with Gasteiger partial charge in [0.25, 0.3) is 0 Å². The number of nitrogens with one attached hydrogen (secondary N) is 2. The van der Waals surface area contributed by atoms with Gasteiger partial charge in [-0.2, -0.15) is 0 Å². The van der Waals surface area contributed by atoms with Crippen molar-refractivity contribution in [2.75, 3.05) is 18.4 Å². The molecule has 2 aromatic rings. The number of hydrogen-bond acceptors (Lipinski definition) is 2. The molecule has 0 unspecified atom stereocenters. The molecule has 1 saturated heterocycles. The maximum absolute atomic E-state index is 13.0. The SMILES string of the molecule is Cc1cc(C)cc(NC(=O)N2CCC[C@@](C)(C(=O)NCc3ccc(F)cc3)C2)c1. The van der Waals surface area contributed by atoms with E-state index in [0.29, 0.717) is 19.6 Å². The monoisotopic (exact) mass is 397 g/mol. The molecule has 0 radical (unpaired) electrons. The fourth-order valence-corrected chi connectivity index (χ4v) is 3.85. The fraction of sp³-hybridized carbons (Fsp3) is 0.391. The van der Waals surface area contributed by atoms with E-state index >= 15 is 0 Å². The number of amides is 3. The van der Waals surface area contributed by atoms with Crippen molar-refractivity contribution in [2.45, 2.75) is 40.2 Å². The molecule has 0 aromatic heterocycles. The maximum atomic E-state index is 13.0. The molecule has 1 atom stereocenters. The van der Waals surface area contributed by atoms with Crippen LogP contribution in [0.1, 0.15) is 36.5 Å². The number of likely N-dealkylation sites (tertiary alicyclic amines) is 1. The van der Waals surface area contributed by atoms with Gasteiger partial charge in [-0.05, 0) is 74.6 Å². The Bertz CT molecular complexity index is 877. The zero-order chi connectivity index (χ0) is 21.0. The van der Waals surface area contributed by atoms with Crippen LogP contribution in [-0.2, 0) is 11.3 Å². The lowest BCUT2D eigenvalue weighted by Gasteiger charge is -2.39. The van der Waals surface area contributed by atoms with Crippen molar-refractivity contribution in [3.63, 3.8) is 0 Å². The summed E-state index contributed by atoms with van der Waals surface area (Å²) < 4.78 is 13.0. The molecule has 0 saturated carbocycles. The Morgan fingerprint density at radius 3 is 2.41 bits per heavy atom. The topological polar surface area (TPSA) is 61.4 Å². The third-order valence-corrected chi connectivity index (χ3v) is 5.37. The van der Waals surface area contributed by atoms with E-state index in [1.54, 1.807) is 17.0 Å². The van der Waals surface area contributed by atoms with Gasteiger partial charge >= 0.3 is 6.03 Å². The highest BCUT2D eigenvalue weighted by Gasteiger charge is 2.39. The smallest absolute Gasteiger partial charge is 0.321 e. The average Bonchev–Trinajstić information content (AvgIpc) is 2.66. The molecule has 5 nitrogen and oxygen atoms in total. The molecule has 1 fully saturated rings. The predicted octanol–water partition coefficient (Wildman–Crippen LogP) is 4.39. The lowest BCUT2D eigenvalue weighted by Crippen LogP contribution is -2.52. The van der Waals surface area contributed by atoms with Crippen LogP contribution in [0.5, 0.6) is 0 Å². The van der Waals surface area contributed by atoms with Crippen LogP contribution in [0.25, 0.3) is 0 Å². The van der Waals surface area contributed by atoms with Gasteiger partial charge in [-0.15, -0.1) is 0 Å². The second-order valence-corrected chi connectivity index (χ2v) is 8.20. The lowest BCUT2D eigenvalue weighted by molar-refractivity contribution is -0.132. The molecule has 2 aromatic carbocycles. The first kappa shape index (κ1) is 20.8. The summed E-state index contributed by atoms with van der Waals surface area (Å²) in [6.07, 6.45) is 1.48. The minimum atomic E-state index is -0.655. The van der Waals surface area contributed by atoms with E-state index in [-0.39, 0.29) is 17.8 Å². The van der Waals surface area contributed by atoms with Gasteiger partial charge < -0.3 is 15.5 Å². The van der Waals surface area contributed by atoms with Gasteiger partial charge in [-0.3, -0.25) is 4.79 Å². The van der Waals surface area contributed by atoms with Crippen LogP contribution in [0.3, 0.4) is 0 Å². The van der Waals surface area contributed by atoms with Crippen molar-refractivity contribution in [1.82, 2.24) is 10.2 Å². The van der Waals surface area contributed by atoms with E-state index in [4.69, 9.17) is 0 Å². The average molecular weight is 397 g/mol. The predicted molar refractivity (Wildman–Crippen MR) is 112 cm³/mol. The van der Waals surface area contributed by atoms with Gasteiger partial charge in [0.05, 0.1) is 5.41 Å². The fourth-order valence-electron chi connectivity index (χ4n) is 3.85. The largest absolute Gasteiger partial charge is 0.351 e. The number of urea groups is 1. The van der Waals surface area contributed by atoms with Crippen LogP contribution < -0.4 is 10.6 Å². The van der Waals surface area contributed by atoms with Gasteiger partial charge in [0.15, 0.2) is 0 Å². The van der Waals surface area contributed by atoms with E-state index in [1.807, 2.05) is 32.9 Å². The van der Waals surface area contributed by atoms with Crippen molar-refractivity contribution < 1.29 is 14.0 Å². The van der Waals surface area contributed by atoms with Crippen LogP contribution in [-0.4, -0.2) is 29.9 Å². The zero-order valence-corrected chi connectivity index (χ0v) is 17.2. The molecule has 3 amide bonds. The first-order valence-electron chi connectivity index (χ1n) is 9.92. The molecular weight excluding hydrogens is 369 g/mol. The summed E-state index contributed by atoms with van der Waals surface area (Å²) in [5, 5.41) is 5.89. The molecule has 1 heterocycles. The molecule has 1 aliphatic rings. The van der Waals surface area contributed by atoms with E-state index < -0.39 is 5.41 Å². The number of aryl methyl sites for hydroxylation is 2. The number of anilines is 1. The van der Waals surface area contributed by atoms with Crippen molar-refractivity contribution in [3.05, 3.63) is 65.0 Å². The second kappa shape index (κ2) is 8.64. The third-order valence-electron chi connectivity index (χ3n) is 5.37. The van der Waals surface area contributed by atoms with Crippen molar-refractivity contribution in [1.29, 1.82) is 0 Å². The van der Waals surface area contributed by atoms with Crippen molar-refractivity contribution in [3.8, 4) is 0 Å². The Hall–Kier alpha value is -2.89. The number of carbonyl (C=O) groups is 2. The van der Waals surface area contributed by atoms with Crippen LogP contribution in [0.2, 0.25) is 0 Å². The summed E-state index contributed by atoms with van der Waals surface area (Å²) in [4.78, 5) is 27.3. The quantitative estimate of drug-likeness (QED) is 0.804. The molecule has 154 valence electrons. The van der Waals surface area contributed by atoms with E-state index in [1.165, 1.54) is 12.1 Å². The van der Waals surface area contributed by atoms with Gasteiger partial charge in [0.1, 0.15) is 5.82 Å². The minimum absolute atomic E-state index is 0.0919. The van der Waals surface area contributed by atoms with Crippen LogP contribution >= 0.6 is 0 Å². The van der Waals surface area contributed by atoms with Crippen LogP contribution in [0.4, 0.5) is 14.9 Å². The maximum Gasteiger partial charge on any atom is 0.321 e. The standard InChI is InChI=1S/C23H28FN3O2/c1-16-11-17(2)13-20(12-16)26-22(29)27-10-4-9-23(3,15-27)21(28)25-14-18-5-7-19(24)8-6-18/h5-8,11-13H,4,9-10,14-15H2,1-3H3,(H,25,28)(H,26,29)/t23-/m1/s1. The Morgan fingerprint density at radius 1 is 1.10 bits per heavy atom. The first-order chi connectivity index (χ1) is 13.7. The highest BCUT2D eigenvalue weighted by atomic mass is 19.1. The van der Waals surface area contributed by atoms with E-state index in [2.05, 4.69) is 16.7 Å². The molecule has 2 N–H and O–H groups in total. The Labute approximate surface area is 171 Å². The van der Waals surface area contributed by atoms with Gasteiger partial charge in [0, 0.05) is 25.3 Å². The Balaban J connectivity index is 1.60. The van der Waals surface area contributed by atoms with Crippen molar-refractivity contribution in [2.24, 2.45) is 5.41 Å². The summed E-state index contributed by atoms with van der Waals surface area (Å²) in [6, 6.07) is 11.8. The second-order valence-electron chi connectivity index (χ2n) is 8.20. The Kier molecular flexibility index (Phi) is 6.20. The number of hydrogen-bond donors (Lipinski definition) is 2. The molecule has 1 aliphatic heterocycles. The van der Waals surface area contributed by atoms with Crippen molar-refractivity contribution >= 4 is 17.6 Å². The number of benzene rings is 2. The first-order valence-corrected chi connectivity index (χ1v) is 9.92. The van der Waals surface area contributed by atoms with Gasteiger partial charge in [-0.1, -0.05) is 18.2 Å². The van der Waals surface area contributed by atoms with E-state index in [0.717, 1.165) is 35.2 Å². The van der Waals surface area contributed by atoms with Gasteiger partial charge in [0.2, 0.25) is 5.91 Å². The Morgan fingerprint density at radius 2 is 1.76 bits per heavy atom. The summed E-state index contributed by atoms with van der Waals surface area (Å²) in [5.41, 5.74) is 3.12. The molecule has 3 rings (SSSR count). The molecule has 0 bridgehead atoms. The number of rotatable bonds is 4. The minimum Gasteiger partial charge on any atom is -0.351 e. The number of carbonyl (C=O) groups excluding carboxylic acids is 2. The highest BCUT2D eigenvalue weighted by molar-refractivity contribution is 5.90. The molecular formula is C23H28FN3O2. The lowest BCUT2D eigenvalue weighted by atomic mass is 9.81.